The highest BCUT2D eigenvalue weighted by atomic mass is 32.2. The summed E-state index contributed by atoms with van der Waals surface area (Å²) in [5.41, 5.74) is 0.739. The minimum Gasteiger partial charge on any atom is -0.508 e. The Kier molecular flexibility index (Phi) is 4.36. The number of carbonyl (C=O) groups is 3. The van der Waals surface area contributed by atoms with Crippen molar-refractivity contribution in [3.63, 3.8) is 0 Å². The summed E-state index contributed by atoms with van der Waals surface area (Å²) < 4.78 is 0. The molecule has 4 aliphatic rings. The minimum absolute atomic E-state index is 0.00896. The van der Waals surface area contributed by atoms with E-state index in [1.807, 2.05) is 12.1 Å². The number of hydrogen-bond acceptors (Lipinski definition) is 7. The van der Waals surface area contributed by atoms with Crippen LogP contribution < -0.4 is 4.87 Å². The van der Waals surface area contributed by atoms with Crippen molar-refractivity contribution in [1.82, 2.24) is 9.88 Å². The molecule has 6 rings (SSSR count). The summed E-state index contributed by atoms with van der Waals surface area (Å²) in [6, 6.07) is 7.11. The monoisotopic (exact) mass is 472 g/mol. The summed E-state index contributed by atoms with van der Waals surface area (Å²) in [7, 11) is 0. The number of nitrogens with zero attached hydrogens (tertiary/aromatic N) is 1. The van der Waals surface area contributed by atoms with E-state index in [2.05, 4.69) is 4.98 Å². The lowest BCUT2D eigenvalue weighted by Gasteiger charge is -2.43. The van der Waals surface area contributed by atoms with Crippen molar-refractivity contribution in [3.05, 3.63) is 44.4 Å². The standard InChI is InChI=1S/C22H20N2O6S2/c25-11-4-2-1-3-8(11)13-14-9-7-10(17(14)31-19-18(13)32-22(30)23-19)16-15(9)20(28)24(21(16)29)6-5-12(26)27/h1-4,9-10,13-17,25H,5-7H2,(H,23,30)(H,26,27)/t9-,10-,13+,14-,15+,16-,17-/m1/s1. The van der Waals surface area contributed by atoms with Crippen LogP contribution in [0.25, 0.3) is 0 Å². The number of carbonyl (C=O) groups excluding carboxylic acids is 2. The van der Waals surface area contributed by atoms with Crippen LogP contribution in [0, 0.1) is 29.6 Å². The average molecular weight is 473 g/mol. The highest BCUT2D eigenvalue weighted by Gasteiger charge is 2.69. The maximum Gasteiger partial charge on any atom is 0.305 e. The van der Waals surface area contributed by atoms with Crippen LogP contribution in [0.2, 0.25) is 0 Å². The number of amides is 2. The molecule has 8 nitrogen and oxygen atoms in total. The second-order valence-corrected chi connectivity index (χ2v) is 11.2. The molecule has 3 fully saturated rings. The highest BCUT2D eigenvalue weighted by molar-refractivity contribution is 8.00. The maximum absolute atomic E-state index is 13.2. The van der Waals surface area contributed by atoms with Gasteiger partial charge in [-0.1, -0.05) is 29.5 Å². The van der Waals surface area contributed by atoms with Crippen LogP contribution in [0.15, 0.2) is 34.1 Å². The number of imide groups is 1. The van der Waals surface area contributed by atoms with E-state index in [9.17, 15) is 24.3 Å². The van der Waals surface area contributed by atoms with Crippen molar-refractivity contribution >= 4 is 40.9 Å². The van der Waals surface area contributed by atoms with Crippen molar-refractivity contribution < 1.29 is 24.6 Å². The third-order valence-electron chi connectivity index (χ3n) is 7.64. The van der Waals surface area contributed by atoms with Gasteiger partial charge in [0.25, 0.3) is 0 Å². The van der Waals surface area contributed by atoms with Crippen LogP contribution in [0.5, 0.6) is 5.75 Å². The van der Waals surface area contributed by atoms with Crippen molar-refractivity contribution in [2.45, 2.75) is 29.0 Å². The Labute approximate surface area is 190 Å². The van der Waals surface area contributed by atoms with Gasteiger partial charge in [0, 0.05) is 28.2 Å². The number of aromatic amines is 1. The average Bonchev–Trinajstić information content (AvgIpc) is 3.46. The van der Waals surface area contributed by atoms with E-state index in [-0.39, 0.29) is 64.3 Å². The summed E-state index contributed by atoms with van der Waals surface area (Å²) in [4.78, 5) is 54.4. The molecule has 2 aliphatic heterocycles. The zero-order chi connectivity index (χ0) is 22.3. The number of H-pyrrole nitrogens is 1. The molecule has 2 saturated carbocycles. The third kappa shape index (κ3) is 2.62. The number of likely N-dealkylation sites (tertiary alicyclic amines) is 1. The molecule has 2 aliphatic carbocycles. The molecule has 1 aromatic heterocycles. The molecule has 3 heterocycles. The number of phenolic OH excluding ortho intramolecular Hbond substituents is 1. The van der Waals surface area contributed by atoms with Gasteiger partial charge in [0.15, 0.2) is 0 Å². The number of carboxylic acids is 1. The van der Waals surface area contributed by atoms with E-state index in [4.69, 9.17) is 5.11 Å². The number of benzene rings is 1. The van der Waals surface area contributed by atoms with Crippen LogP contribution >= 0.6 is 23.1 Å². The predicted molar refractivity (Wildman–Crippen MR) is 116 cm³/mol. The molecule has 1 saturated heterocycles. The number of rotatable bonds is 4. The molecule has 1 aromatic carbocycles. The van der Waals surface area contributed by atoms with E-state index >= 15 is 0 Å². The number of phenols is 1. The lowest BCUT2D eigenvalue weighted by Crippen LogP contribution is -2.42. The van der Waals surface area contributed by atoms with Crippen LogP contribution in [0.3, 0.4) is 0 Å². The number of carboxylic acid groups (broad SMARTS) is 1. The molecule has 3 N–H and O–H groups in total. The number of para-hydroxylation sites is 1. The molecule has 2 aromatic rings. The summed E-state index contributed by atoms with van der Waals surface area (Å²) in [5, 5.41) is 20.5. The molecule has 2 bridgehead atoms. The first kappa shape index (κ1) is 20.0. The Balaban J connectivity index is 1.43. The molecule has 0 unspecified atom stereocenters. The lowest BCUT2D eigenvalue weighted by atomic mass is 9.68. The number of nitrogens with one attached hydrogen (secondary N) is 1. The number of aliphatic carboxylic acids is 1. The smallest absolute Gasteiger partial charge is 0.305 e. The van der Waals surface area contributed by atoms with E-state index in [0.717, 1.165) is 38.1 Å². The number of thiazole rings is 1. The van der Waals surface area contributed by atoms with E-state index < -0.39 is 17.8 Å². The summed E-state index contributed by atoms with van der Waals surface area (Å²) >= 11 is 2.73. The van der Waals surface area contributed by atoms with Crippen molar-refractivity contribution in [3.8, 4) is 5.75 Å². The Bertz CT molecular complexity index is 1220. The molecule has 7 atom stereocenters. The normalized spacial score (nSPS) is 34.5. The number of hydrogen-bond donors (Lipinski definition) is 3. The summed E-state index contributed by atoms with van der Waals surface area (Å²) in [5.74, 6) is -2.56. The number of fused-ring (bicyclic) bond motifs is 9. The topological polar surface area (TPSA) is 128 Å². The second kappa shape index (κ2) is 6.95. The maximum atomic E-state index is 13.2. The van der Waals surface area contributed by atoms with Gasteiger partial charge in [-0.05, 0) is 30.2 Å². The van der Waals surface area contributed by atoms with Gasteiger partial charge in [0.1, 0.15) is 5.75 Å². The second-order valence-electron chi connectivity index (χ2n) is 8.99. The van der Waals surface area contributed by atoms with Crippen molar-refractivity contribution in [1.29, 1.82) is 0 Å². The van der Waals surface area contributed by atoms with Crippen molar-refractivity contribution in [2.24, 2.45) is 29.6 Å². The van der Waals surface area contributed by atoms with Crippen LogP contribution in [0.4, 0.5) is 0 Å². The first-order valence-electron chi connectivity index (χ1n) is 10.6. The zero-order valence-corrected chi connectivity index (χ0v) is 18.4. The van der Waals surface area contributed by atoms with Gasteiger partial charge in [-0.15, -0.1) is 11.8 Å². The van der Waals surface area contributed by atoms with Gasteiger partial charge in [0.2, 0.25) is 11.8 Å². The highest BCUT2D eigenvalue weighted by Crippen LogP contribution is 2.68. The fourth-order valence-electron chi connectivity index (χ4n) is 6.61. The van der Waals surface area contributed by atoms with Gasteiger partial charge in [-0.3, -0.25) is 24.1 Å². The quantitative estimate of drug-likeness (QED) is 0.582. The van der Waals surface area contributed by atoms with Gasteiger partial charge >= 0.3 is 10.8 Å². The molecule has 32 heavy (non-hydrogen) atoms. The summed E-state index contributed by atoms with van der Waals surface area (Å²) in [6.45, 7) is -0.0918. The van der Waals surface area contributed by atoms with Gasteiger partial charge < -0.3 is 15.2 Å². The molecular weight excluding hydrogens is 452 g/mol. The minimum atomic E-state index is -1.04. The molecular formula is C22H20N2O6S2. The molecule has 0 spiro atoms. The van der Waals surface area contributed by atoms with E-state index in [0.29, 0.717) is 0 Å². The Morgan fingerprint density at radius 3 is 2.56 bits per heavy atom. The van der Waals surface area contributed by atoms with Gasteiger partial charge in [-0.25, -0.2) is 0 Å². The van der Waals surface area contributed by atoms with Gasteiger partial charge in [-0.2, -0.15) is 0 Å². The fourth-order valence-corrected chi connectivity index (χ4v) is 9.48. The van der Waals surface area contributed by atoms with Gasteiger partial charge in [0.05, 0.1) is 23.3 Å². The van der Waals surface area contributed by atoms with Crippen LogP contribution in [-0.4, -0.2) is 49.7 Å². The molecule has 10 heteroatoms. The molecule has 166 valence electrons. The van der Waals surface area contributed by atoms with Crippen LogP contribution in [-0.2, 0) is 14.4 Å². The number of aromatic hydroxyl groups is 1. The van der Waals surface area contributed by atoms with E-state index in [1.54, 1.807) is 23.9 Å². The molecule has 2 amide bonds. The largest absolute Gasteiger partial charge is 0.508 e. The Hall–Kier alpha value is -2.59. The summed E-state index contributed by atoms with van der Waals surface area (Å²) in [6.07, 6.45) is 0.498. The molecule has 0 radical (unpaired) electrons. The van der Waals surface area contributed by atoms with Crippen molar-refractivity contribution in [2.75, 3.05) is 6.54 Å². The predicted octanol–water partition coefficient (Wildman–Crippen LogP) is 2.09. The zero-order valence-electron chi connectivity index (χ0n) is 16.8. The number of thioether (sulfide) groups is 1. The number of aromatic nitrogens is 1. The van der Waals surface area contributed by atoms with Crippen LogP contribution in [0.1, 0.15) is 29.2 Å². The fraction of sp³-hybridized carbons (Fsp3) is 0.455. The first-order valence-corrected chi connectivity index (χ1v) is 12.3. The first-order chi connectivity index (χ1) is 15.4. The Morgan fingerprint density at radius 1 is 1.12 bits per heavy atom. The third-order valence-corrected chi connectivity index (χ3v) is 10.2. The Morgan fingerprint density at radius 2 is 1.84 bits per heavy atom. The lowest BCUT2D eigenvalue weighted by molar-refractivity contribution is -0.142. The van der Waals surface area contributed by atoms with E-state index in [1.165, 1.54) is 0 Å². The SMILES string of the molecule is O=C(O)CCN1C(=O)[C@@H]2[C@H]3C[C@@H]([C@@H]2C1=O)[C@@H]1[C@H](c2ccccc2O)c2sc(=O)[nH]c2S[C@H]31.